The second-order valence-corrected chi connectivity index (χ2v) is 7.02. The van der Waals surface area contributed by atoms with Gasteiger partial charge in [-0.15, -0.1) is 0 Å². The molecule has 0 unspecified atom stereocenters. The third kappa shape index (κ3) is 3.06. The Balaban J connectivity index is 1.36. The van der Waals surface area contributed by atoms with Crippen LogP contribution in [0.1, 0.15) is 18.4 Å². The number of nitrogens with zero attached hydrogens (tertiary/aromatic N) is 2. The molecule has 0 aliphatic carbocycles. The molecule has 3 heterocycles. The Kier molecular flexibility index (Phi) is 4.61. The lowest BCUT2D eigenvalue weighted by Gasteiger charge is -2.37. The first-order valence-electron chi connectivity index (χ1n) is 9.18. The van der Waals surface area contributed by atoms with Crippen LogP contribution >= 0.6 is 0 Å². The van der Waals surface area contributed by atoms with Gasteiger partial charge in [0, 0.05) is 19.1 Å². The number of likely N-dealkylation sites (tertiary alicyclic amines) is 1. The maximum Gasteiger partial charge on any atom is 0.410 e. The fraction of sp³-hybridized carbons (Fsp3) is 0.579. The standard InChI is InChI=1S/C19H24N2O5/c1-24-16-4-2-3-13-11-14(12-26-17(13)16)18(22)20-7-5-15(6-8-20)21-9-10-25-19(21)23/h2-4,14-15H,5-12H2,1H3/t14-/m1/s1. The van der Waals surface area contributed by atoms with Gasteiger partial charge in [0.05, 0.1) is 19.6 Å². The molecule has 0 spiro atoms. The molecule has 3 aliphatic rings. The van der Waals surface area contributed by atoms with E-state index in [1.54, 1.807) is 12.0 Å². The van der Waals surface area contributed by atoms with Crippen molar-refractivity contribution in [3.05, 3.63) is 23.8 Å². The first-order chi connectivity index (χ1) is 12.7. The fourth-order valence-corrected chi connectivity index (χ4v) is 4.11. The molecule has 7 nitrogen and oxygen atoms in total. The Morgan fingerprint density at radius 2 is 2.00 bits per heavy atom. The summed E-state index contributed by atoms with van der Waals surface area (Å²) in [6.07, 6.45) is 2.06. The highest BCUT2D eigenvalue weighted by Crippen LogP contribution is 2.36. The Labute approximate surface area is 152 Å². The van der Waals surface area contributed by atoms with Gasteiger partial charge in [0.25, 0.3) is 0 Å². The lowest BCUT2D eigenvalue weighted by atomic mass is 9.94. The maximum atomic E-state index is 12.9. The molecular weight excluding hydrogens is 336 g/mol. The molecule has 2 amide bonds. The SMILES string of the molecule is COc1cccc2c1OC[C@H](C(=O)N1CCC(N3CCOC3=O)CC1)C2. The molecule has 1 atom stereocenters. The first kappa shape index (κ1) is 17.0. The summed E-state index contributed by atoms with van der Waals surface area (Å²) in [7, 11) is 1.62. The predicted molar refractivity (Wildman–Crippen MR) is 93.3 cm³/mol. The first-order valence-corrected chi connectivity index (χ1v) is 9.18. The van der Waals surface area contributed by atoms with E-state index in [1.165, 1.54) is 0 Å². The van der Waals surface area contributed by atoms with Crippen molar-refractivity contribution in [3.63, 3.8) is 0 Å². The average Bonchev–Trinajstić information content (AvgIpc) is 3.12. The molecule has 1 aromatic carbocycles. The van der Waals surface area contributed by atoms with Crippen molar-refractivity contribution in [1.82, 2.24) is 9.80 Å². The minimum atomic E-state index is -0.221. The summed E-state index contributed by atoms with van der Waals surface area (Å²) in [6.45, 7) is 2.86. The molecule has 0 aromatic heterocycles. The zero-order chi connectivity index (χ0) is 18.1. The van der Waals surface area contributed by atoms with Crippen LogP contribution in [0.2, 0.25) is 0 Å². The topological polar surface area (TPSA) is 68.3 Å². The molecule has 1 aromatic rings. The summed E-state index contributed by atoms with van der Waals surface area (Å²) in [5.74, 6) is 1.45. The number of para-hydroxylation sites is 1. The van der Waals surface area contributed by atoms with Gasteiger partial charge in [-0.25, -0.2) is 4.79 Å². The van der Waals surface area contributed by atoms with Crippen LogP contribution in [0.5, 0.6) is 11.5 Å². The number of ether oxygens (including phenoxy) is 3. The van der Waals surface area contributed by atoms with E-state index < -0.39 is 0 Å². The molecule has 2 saturated heterocycles. The monoisotopic (exact) mass is 360 g/mol. The highest BCUT2D eigenvalue weighted by Gasteiger charge is 2.36. The van der Waals surface area contributed by atoms with Gasteiger partial charge < -0.3 is 24.0 Å². The summed E-state index contributed by atoms with van der Waals surface area (Å²) in [6, 6.07) is 5.97. The number of fused-ring (bicyclic) bond motifs is 1. The van der Waals surface area contributed by atoms with Gasteiger partial charge in [0.2, 0.25) is 5.91 Å². The molecule has 4 rings (SSSR count). The zero-order valence-corrected chi connectivity index (χ0v) is 15.0. The van der Waals surface area contributed by atoms with Gasteiger partial charge in [0.15, 0.2) is 11.5 Å². The molecule has 140 valence electrons. The Bertz CT molecular complexity index is 699. The molecule has 3 aliphatic heterocycles. The fourth-order valence-electron chi connectivity index (χ4n) is 4.11. The lowest BCUT2D eigenvalue weighted by molar-refractivity contribution is -0.138. The minimum absolute atomic E-state index is 0.140. The van der Waals surface area contributed by atoms with E-state index in [9.17, 15) is 9.59 Å². The van der Waals surface area contributed by atoms with Gasteiger partial charge in [-0.1, -0.05) is 12.1 Å². The summed E-state index contributed by atoms with van der Waals surface area (Å²) in [4.78, 5) is 28.3. The Morgan fingerprint density at radius 1 is 1.19 bits per heavy atom. The molecular formula is C19H24N2O5. The maximum absolute atomic E-state index is 12.9. The molecule has 0 radical (unpaired) electrons. The third-order valence-corrected chi connectivity index (χ3v) is 5.53. The van der Waals surface area contributed by atoms with Crippen LogP contribution in [0, 0.1) is 5.92 Å². The third-order valence-electron chi connectivity index (χ3n) is 5.53. The van der Waals surface area contributed by atoms with E-state index in [0.29, 0.717) is 45.0 Å². The van der Waals surface area contributed by atoms with Crippen LogP contribution in [0.15, 0.2) is 18.2 Å². The van der Waals surface area contributed by atoms with Crippen molar-refractivity contribution in [2.45, 2.75) is 25.3 Å². The van der Waals surface area contributed by atoms with Gasteiger partial charge in [-0.3, -0.25) is 4.79 Å². The number of cyclic esters (lactones) is 1. The van der Waals surface area contributed by atoms with Crippen LogP contribution in [0.25, 0.3) is 0 Å². The Hall–Kier alpha value is -2.44. The smallest absolute Gasteiger partial charge is 0.410 e. The largest absolute Gasteiger partial charge is 0.493 e. The van der Waals surface area contributed by atoms with E-state index in [-0.39, 0.29) is 24.0 Å². The van der Waals surface area contributed by atoms with Gasteiger partial charge in [-0.2, -0.15) is 0 Å². The van der Waals surface area contributed by atoms with Crippen LogP contribution in [0.4, 0.5) is 4.79 Å². The summed E-state index contributed by atoms with van der Waals surface area (Å²) in [5, 5.41) is 0. The molecule has 0 bridgehead atoms. The van der Waals surface area contributed by atoms with Crippen molar-refractivity contribution in [1.29, 1.82) is 0 Å². The molecule has 2 fully saturated rings. The molecule has 0 saturated carbocycles. The zero-order valence-electron chi connectivity index (χ0n) is 15.0. The van der Waals surface area contributed by atoms with Crippen LogP contribution < -0.4 is 9.47 Å². The number of carbonyl (C=O) groups excluding carboxylic acids is 2. The summed E-state index contributed by atoms with van der Waals surface area (Å²) >= 11 is 0. The van der Waals surface area contributed by atoms with Crippen molar-refractivity contribution >= 4 is 12.0 Å². The van der Waals surface area contributed by atoms with Crippen molar-refractivity contribution in [2.75, 3.05) is 40.0 Å². The van der Waals surface area contributed by atoms with E-state index >= 15 is 0 Å². The number of piperidine rings is 1. The second kappa shape index (κ2) is 7.05. The molecule has 0 N–H and O–H groups in total. The summed E-state index contributed by atoms with van der Waals surface area (Å²) < 4.78 is 16.2. The second-order valence-electron chi connectivity index (χ2n) is 7.02. The van der Waals surface area contributed by atoms with Crippen molar-refractivity contribution in [2.24, 2.45) is 5.92 Å². The van der Waals surface area contributed by atoms with E-state index in [0.717, 1.165) is 24.2 Å². The minimum Gasteiger partial charge on any atom is -0.493 e. The van der Waals surface area contributed by atoms with E-state index in [1.807, 2.05) is 23.1 Å². The number of benzene rings is 1. The lowest BCUT2D eigenvalue weighted by Crippen LogP contribution is -2.49. The molecule has 7 heteroatoms. The number of hydrogen-bond donors (Lipinski definition) is 0. The number of rotatable bonds is 3. The molecule has 26 heavy (non-hydrogen) atoms. The number of amides is 2. The van der Waals surface area contributed by atoms with E-state index in [2.05, 4.69) is 0 Å². The van der Waals surface area contributed by atoms with Gasteiger partial charge in [0.1, 0.15) is 13.2 Å². The van der Waals surface area contributed by atoms with Crippen molar-refractivity contribution in [3.8, 4) is 11.5 Å². The van der Waals surface area contributed by atoms with Crippen LogP contribution in [0.3, 0.4) is 0 Å². The van der Waals surface area contributed by atoms with E-state index in [4.69, 9.17) is 14.2 Å². The van der Waals surface area contributed by atoms with Crippen molar-refractivity contribution < 1.29 is 23.8 Å². The normalized spacial score (nSPS) is 23.3. The number of carbonyl (C=O) groups is 2. The number of methoxy groups -OCH3 is 1. The highest BCUT2D eigenvalue weighted by atomic mass is 16.6. The predicted octanol–water partition coefficient (Wildman–Crippen LogP) is 1.69. The van der Waals surface area contributed by atoms with Crippen LogP contribution in [-0.4, -0.2) is 67.8 Å². The quantitative estimate of drug-likeness (QED) is 0.821. The summed E-state index contributed by atoms with van der Waals surface area (Å²) in [5.41, 5.74) is 1.02. The Morgan fingerprint density at radius 3 is 2.69 bits per heavy atom. The highest BCUT2D eigenvalue weighted by molar-refractivity contribution is 5.80. The van der Waals surface area contributed by atoms with Gasteiger partial charge >= 0.3 is 6.09 Å². The van der Waals surface area contributed by atoms with Gasteiger partial charge in [-0.05, 0) is 30.9 Å². The number of hydrogen-bond acceptors (Lipinski definition) is 5. The average molecular weight is 360 g/mol. The van der Waals surface area contributed by atoms with Crippen LogP contribution in [-0.2, 0) is 16.0 Å².